The average Bonchev–Trinajstić information content (AvgIpc) is 3.44. The van der Waals surface area contributed by atoms with Crippen LogP contribution >= 0.6 is 0 Å². The van der Waals surface area contributed by atoms with E-state index in [-0.39, 0.29) is 50.8 Å². The number of carbonyl (C=O) groups excluding carboxylic acids is 4. The van der Waals surface area contributed by atoms with E-state index in [4.69, 9.17) is 9.47 Å². The van der Waals surface area contributed by atoms with Gasteiger partial charge in [-0.3, -0.25) is 9.59 Å². The topological polar surface area (TPSA) is 143 Å². The Bertz CT molecular complexity index is 1560. The van der Waals surface area contributed by atoms with Crippen molar-refractivity contribution in [2.24, 2.45) is 5.92 Å². The molecule has 10 heteroatoms. The van der Waals surface area contributed by atoms with Crippen LogP contribution in [0.1, 0.15) is 61.3 Å². The van der Waals surface area contributed by atoms with Crippen molar-refractivity contribution in [3.8, 4) is 11.1 Å². The molecule has 3 aromatic rings. The summed E-state index contributed by atoms with van der Waals surface area (Å²) in [6.45, 7) is 8.89. The number of aliphatic hydroxyl groups is 1. The maximum Gasteiger partial charge on any atom is 0.407 e. The molecule has 4 N–H and O–H groups in total. The number of esters is 1. The SMILES string of the molecule is C=CCC[C@H](NC(=O)OCC1c2ccccc2-c2ccccc21)C(=O)O[C@@H](CNC(=O)[C@H](CC=C)CC(=O)N[C@H](C)CO)c1ccccc1. The molecule has 3 amide bonds. The summed E-state index contributed by atoms with van der Waals surface area (Å²) in [6.07, 6.45) is 2.35. The van der Waals surface area contributed by atoms with E-state index in [1.54, 1.807) is 43.3 Å². The molecule has 1 aliphatic carbocycles. The van der Waals surface area contributed by atoms with E-state index in [0.29, 0.717) is 12.0 Å². The van der Waals surface area contributed by atoms with Crippen LogP contribution in [0.15, 0.2) is 104 Å². The van der Waals surface area contributed by atoms with Crippen molar-refractivity contribution >= 4 is 23.9 Å². The number of hydrogen-bond donors (Lipinski definition) is 4. The minimum atomic E-state index is -1.04. The van der Waals surface area contributed by atoms with Gasteiger partial charge in [-0.2, -0.15) is 0 Å². The van der Waals surface area contributed by atoms with E-state index in [0.717, 1.165) is 22.3 Å². The molecule has 0 aliphatic heterocycles. The van der Waals surface area contributed by atoms with E-state index in [1.165, 1.54) is 0 Å². The molecule has 49 heavy (non-hydrogen) atoms. The van der Waals surface area contributed by atoms with Gasteiger partial charge in [0.05, 0.1) is 19.1 Å². The number of nitrogens with one attached hydrogen (secondary N) is 3. The number of aliphatic hydroxyl groups excluding tert-OH is 1. The van der Waals surface area contributed by atoms with Crippen LogP contribution in [0.2, 0.25) is 0 Å². The van der Waals surface area contributed by atoms with Crippen molar-refractivity contribution in [3.05, 3.63) is 121 Å². The summed E-state index contributed by atoms with van der Waals surface area (Å²) in [5.74, 6) is -2.34. The third-order valence-electron chi connectivity index (χ3n) is 8.41. The van der Waals surface area contributed by atoms with Gasteiger partial charge in [-0.15, -0.1) is 13.2 Å². The van der Waals surface area contributed by atoms with Gasteiger partial charge >= 0.3 is 12.1 Å². The standard InChI is InChI=1S/C39H45N3O7/c1-4-6-21-34(42-39(47)48-25-33-31-19-12-10-17-29(31)30-18-11-13-20-32(30)33)38(46)49-35(27-15-8-7-9-16-27)23-40-37(45)28(14-5-2)22-36(44)41-26(3)24-43/h4-5,7-13,15-20,26,28,33-35,43H,1-2,6,14,21-25H2,3H3,(H,40,45)(H,41,44)(H,42,47)/t26-,28-,34+,35+/m1/s1. The Kier molecular flexibility index (Phi) is 13.7. The van der Waals surface area contributed by atoms with Gasteiger partial charge in [-0.25, -0.2) is 9.59 Å². The van der Waals surface area contributed by atoms with Crippen LogP contribution in [0.5, 0.6) is 0 Å². The first-order valence-electron chi connectivity index (χ1n) is 16.5. The highest BCUT2D eigenvalue weighted by Crippen LogP contribution is 2.44. The van der Waals surface area contributed by atoms with Crippen molar-refractivity contribution in [3.63, 3.8) is 0 Å². The minimum Gasteiger partial charge on any atom is -0.454 e. The summed E-state index contributed by atoms with van der Waals surface area (Å²) in [7, 11) is 0. The molecule has 4 rings (SSSR count). The van der Waals surface area contributed by atoms with Gasteiger partial charge < -0.3 is 30.5 Å². The van der Waals surface area contributed by atoms with Crippen LogP contribution in [-0.2, 0) is 23.9 Å². The molecule has 0 aromatic heterocycles. The predicted octanol–water partition coefficient (Wildman–Crippen LogP) is 5.34. The van der Waals surface area contributed by atoms with Crippen molar-refractivity contribution in [2.45, 2.75) is 56.7 Å². The Morgan fingerprint density at radius 3 is 2.12 bits per heavy atom. The summed E-state index contributed by atoms with van der Waals surface area (Å²) < 4.78 is 11.6. The summed E-state index contributed by atoms with van der Waals surface area (Å²) in [5.41, 5.74) is 4.99. The van der Waals surface area contributed by atoms with E-state index >= 15 is 0 Å². The van der Waals surface area contributed by atoms with Crippen LogP contribution in [0, 0.1) is 5.92 Å². The molecule has 0 unspecified atom stereocenters. The third-order valence-corrected chi connectivity index (χ3v) is 8.41. The number of amides is 3. The molecule has 0 saturated heterocycles. The summed E-state index contributed by atoms with van der Waals surface area (Å²) >= 11 is 0. The zero-order chi connectivity index (χ0) is 35.2. The van der Waals surface area contributed by atoms with Gasteiger partial charge in [0.25, 0.3) is 0 Å². The van der Waals surface area contributed by atoms with Crippen LogP contribution < -0.4 is 16.0 Å². The number of allylic oxidation sites excluding steroid dienone is 2. The number of hydrogen-bond acceptors (Lipinski definition) is 7. The smallest absolute Gasteiger partial charge is 0.407 e. The number of rotatable bonds is 18. The molecule has 0 fully saturated rings. The lowest BCUT2D eigenvalue weighted by molar-refractivity contribution is -0.152. The third kappa shape index (κ3) is 10.1. The van der Waals surface area contributed by atoms with Crippen LogP contribution in [0.3, 0.4) is 0 Å². The lowest BCUT2D eigenvalue weighted by Gasteiger charge is -2.24. The first kappa shape index (κ1) is 36.6. The van der Waals surface area contributed by atoms with Crippen LogP contribution in [0.25, 0.3) is 11.1 Å². The summed E-state index contributed by atoms with van der Waals surface area (Å²) in [6, 6.07) is 23.5. The minimum absolute atomic E-state index is 0.0734. The molecule has 4 atom stereocenters. The van der Waals surface area contributed by atoms with Crippen molar-refractivity contribution in [1.29, 1.82) is 0 Å². The van der Waals surface area contributed by atoms with E-state index in [1.807, 2.05) is 42.5 Å². The number of benzene rings is 3. The number of alkyl carbamates (subject to hydrolysis) is 1. The molecular weight excluding hydrogens is 622 g/mol. The zero-order valence-electron chi connectivity index (χ0n) is 27.8. The van der Waals surface area contributed by atoms with Crippen LogP contribution in [-0.4, -0.2) is 60.8 Å². The molecule has 10 nitrogen and oxygen atoms in total. The molecular formula is C39H45N3O7. The fourth-order valence-corrected chi connectivity index (χ4v) is 5.86. The highest BCUT2D eigenvalue weighted by Gasteiger charge is 2.31. The second-order valence-electron chi connectivity index (χ2n) is 12.0. The van der Waals surface area contributed by atoms with Gasteiger partial charge in [0.15, 0.2) is 0 Å². The number of fused-ring (bicyclic) bond motifs is 3. The largest absolute Gasteiger partial charge is 0.454 e. The Morgan fingerprint density at radius 1 is 0.878 bits per heavy atom. The van der Waals surface area contributed by atoms with Gasteiger partial charge in [0, 0.05) is 18.4 Å². The monoisotopic (exact) mass is 667 g/mol. The average molecular weight is 668 g/mol. The Balaban J connectivity index is 1.41. The lowest BCUT2D eigenvalue weighted by atomic mass is 9.98. The van der Waals surface area contributed by atoms with Gasteiger partial charge in [0.2, 0.25) is 11.8 Å². The van der Waals surface area contributed by atoms with Crippen molar-refractivity contribution < 1.29 is 33.8 Å². The molecule has 0 bridgehead atoms. The lowest BCUT2D eigenvalue weighted by Crippen LogP contribution is -2.44. The first-order valence-corrected chi connectivity index (χ1v) is 16.5. The van der Waals surface area contributed by atoms with Gasteiger partial charge in [-0.1, -0.05) is 91.0 Å². The molecule has 0 heterocycles. The predicted molar refractivity (Wildman–Crippen MR) is 187 cm³/mol. The quantitative estimate of drug-likeness (QED) is 0.106. The molecule has 1 aliphatic rings. The second kappa shape index (κ2) is 18.4. The highest BCUT2D eigenvalue weighted by atomic mass is 16.6. The maximum absolute atomic E-state index is 13.6. The van der Waals surface area contributed by atoms with Crippen LogP contribution in [0.4, 0.5) is 4.79 Å². The Morgan fingerprint density at radius 2 is 1.51 bits per heavy atom. The highest BCUT2D eigenvalue weighted by molar-refractivity contribution is 5.86. The molecule has 0 spiro atoms. The van der Waals surface area contributed by atoms with E-state index in [9.17, 15) is 24.3 Å². The number of carbonyl (C=O) groups is 4. The van der Waals surface area contributed by atoms with Gasteiger partial charge in [0.1, 0.15) is 18.8 Å². The molecule has 258 valence electrons. The summed E-state index contributed by atoms with van der Waals surface area (Å²) in [5, 5.41) is 17.4. The maximum atomic E-state index is 13.6. The van der Waals surface area contributed by atoms with Crippen molar-refractivity contribution in [1.82, 2.24) is 16.0 Å². The zero-order valence-corrected chi connectivity index (χ0v) is 27.8. The summed E-state index contributed by atoms with van der Waals surface area (Å²) in [4.78, 5) is 52.3. The fourth-order valence-electron chi connectivity index (χ4n) is 5.86. The number of ether oxygens (including phenoxy) is 2. The van der Waals surface area contributed by atoms with Crippen molar-refractivity contribution in [2.75, 3.05) is 19.8 Å². The molecule has 0 saturated carbocycles. The Hall–Kier alpha value is -5.22. The molecule has 0 radical (unpaired) electrons. The van der Waals surface area contributed by atoms with E-state index < -0.39 is 42.1 Å². The Labute approximate surface area is 287 Å². The van der Waals surface area contributed by atoms with Gasteiger partial charge in [-0.05, 0) is 54.0 Å². The van der Waals surface area contributed by atoms with E-state index in [2.05, 4.69) is 41.2 Å². The second-order valence-corrected chi connectivity index (χ2v) is 12.0. The first-order chi connectivity index (χ1) is 23.7. The molecule has 3 aromatic carbocycles. The fraction of sp³-hybridized carbons (Fsp3) is 0.333. The normalized spacial score (nSPS) is 14.2.